The van der Waals surface area contributed by atoms with E-state index in [4.69, 9.17) is 0 Å². The summed E-state index contributed by atoms with van der Waals surface area (Å²) in [6.45, 7) is 0. The molecule has 0 saturated heterocycles. The topological polar surface area (TPSA) is 33.1 Å². The SMILES string of the molecule is OC(c1ccc(F)cc1)c1cnccc1C(F)(F)F. The van der Waals surface area contributed by atoms with Crippen LogP contribution in [0.2, 0.25) is 0 Å². The van der Waals surface area contributed by atoms with Crippen LogP contribution >= 0.6 is 0 Å². The minimum Gasteiger partial charge on any atom is -0.384 e. The Hall–Kier alpha value is -1.95. The second-order valence-corrected chi connectivity index (χ2v) is 3.91. The number of rotatable bonds is 2. The molecular weight excluding hydrogens is 262 g/mol. The summed E-state index contributed by atoms with van der Waals surface area (Å²) in [6, 6.07) is 5.40. The third kappa shape index (κ3) is 2.90. The van der Waals surface area contributed by atoms with Gasteiger partial charge in [0.2, 0.25) is 0 Å². The Morgan fingerprint density at radius 1 is 1.05 bits per heavy atom. The fraction of sp³-hybridized carbons (Fsp3) is 0.154. The molecule has 0 radical (unpaired) electrons. The van der Waals surface area contributed by atoms with Crippen LogP contribution in [0.15, 0.2) is 42.7 Å². The summed E-state index contributed by atoms with van der Waals surface area (Å²) in [6.07, 6.45) is -4.13. The van der Waals surface area contributed by atoms with Gasteiger partial charge in [-0.05, 0) is 23.8 Å². The summed E-state index contributed by atoms with van der Waals surface area (Å²) in [5, 5.41) is 9.96. The summed E-state index contributed by atoms with van der Waals surface area (Å²) in [7, 11) is 0. The number of pyridine rings is 1. The number of halogens is 4. The van der Waals surface area contributed by atoms with Crippen molar-refractivity contribution in [2.24, 2.45) is 0 Å². The van der Waals surface area contributed by atoms with Gasteiger partial charge in [0.15, 0.2) is 0 Å². The maximum Gasteiger partial charge on any atom is 0.416 e. The molecule has 0 aliphatic rings. The monoisotopic (exact) mass is 271 g/mol. The van der Waals surface area contributed by atoms with Crippen LogP contribution in [0.25, 0.3) is 0 Å². The Morgan fingerprint density at radius 2 is 1.68 bits per heavy atom. The number of nitrogens with zero attached hydrogens (tertiary/aromatic N) is 1. The van der Waals surface area contributed by atoms with Crippen LogP contribution in [-0.4, -0.2) is 10.1 Å². The maximum atomic E-state index is 12.8. The first kappa shape index (κ1) is 13.5. The molecule has 2 nitrogen and oxygen atoms in total. The summed E-state index contributed by atoms with van der Waals surface area (Å²) in [4.78, 5) is 3.59. The second-order valence-electron chi connectivity index (χ2n) is 3.91. The fourth-order valence-electron chi connectivity index (χ4n) is 1.71. The standard InChI is InChI=1S/C13H9F4NO/c14-9-3-1-8(2-4-9)12(19)10-7-18-6-5-11(10)13(15,16)17/h1-7,12,19H. The highest BCUT2D eigenvalue weighted by molar-refractivity contribution is 5.35. The lowest BCUT2D eigenvalue weighted by Gasteiger charge is -2.17. The lowest BCUT2D eigenvalue weighted by atomic mass is 9.98. The minimum absolute atomic E-state index is 0.167. The summed E-state index contributed by atoms with van der Waals surface area (Å²) in [5.74, 6) is -0.529. The van der Waals surface area contributed by atoms with Crippen molar-refractivity contribution in [3.8, 4) is 0 Å². The molecule has 1 N–H and O–H groups in total. The van der Waals surface area contributed by atoms with Crippen molar-refractivity contribution >= 4 is 0 Å². The molecule has 1 unspecified atom stereocenters. The number of hydrogen-bond donors (Lipinski definition) is 1. The second kappa shape index (κ2) is 4.97. The summed E-state index contributed by atoms with van der Waals surface area (Å²) in [5.41, 5.74) is -1.15. The van der Waals surface area contributed by atoms with Crippen LogP contribution in [0.4, 0.5) is 17.6 Å². The molecule has 0 saturated carbocycles. The highest BCUT2D eigenvalue weighted by Gasteiger charge is 2.35. The number of aliphatic hydroxyl groups excluding tert-OH is 1. The molecule has 0 aliphatic carbocycles. The zero-order valence-corrected chi connectivity index (χ0v) is 9.53. The zero-order valence-electron chi connectivity index (χ0n) is 9.53. The van der Waals surface area contributed by atoms with Crippen LogP contribution in [0, 0.1) is 5.82 Å². The van der Waals surface area contributed by atoms with Crippen LogP contribution in [0.5, 0.6) is 0 Å². The molecule has 2 rings (SSSR count). The smallest absolute Gasteiger partial charge is 0.384 e. The highest BCUT2D eigenvalue weighted by atomic mass is 19.4. The van der Waals surface area contributed by atoms with Gasteiger partial charge < -0.3 is 5.11 Å². The molecule has 1 aromatic heterocycles. The van der Waals surface area contributed by atoms with Gasteiger partial charge in [-0.25, -0.2) is 4.39 Å². The molecule has 2 aromatic rings. The lowest BCUT2D eigenvalue weighted by molar-refractivity contribution is -0.139. The molecule has 1 heterocycles. The van der Waals surface area contributed by atoms with Gasteiger partial charge in [-0.15, -0.1) is 0 Å². The van der Waals surface area contributed by atoms with E-state index in [1.165, 1.54) is 12.1 Å². The first-order chi connectivity index (χ1) is 8.89. The van der Waals surface area contributed by atoms with Crippen LogP contribution in [0.3, 0.4) is 0 Å². The number of aromatic nitrogens is 1. The first-order valence-electron chi connectivity index (χ1n) is 5.34. The number of aliphatic hydroxyl groups is 1. The van der Waals surface area contributed by atoms with Crippen molar-refractivity contribution in [3.63, 3.8) is 0 Å². The number of benzene rings is 1. The number of hydrogen-bond acceptors (Lipinski definition) is 2. The normalized spacial score (nSPS) is 13.3. The molecule has 0 spiro atoms. The van der Waals surface area contributed by atoms with Gasteiger partial charge in [0, 0.05) is 18.0 Å². The largest absolute Gasteiger partial charge is 0.416 e. The first-order valence-corrected chi connectivity index (χ1v) is 5.34. The lowest BCUT2D eigenvalue weighted by Crippen LogP contribution is -2.13. The summed E-state index contributed by atoms with van der Waals surface area (Å²) < 4.78 is 51.1. The average Bonchev–Trinajstić information content (AvgIpc) is 2.38. The van der Waals surface area contributed by atoms with Crippen molar-refractivity contribution in [1.29, 1.82) is 0 Å². The highest BCUT2D eigenvalue weighted by Crippen LogP contribution is 2.35. The fourth-order valence-corrected chi connectivity index (χ4v) is 1.71. The van der Waals surface area contributed by atoms with Crippen molar-refractivity contribution in [2.75, 3.05) is 0 Å². The molecule has 19 heavy (non-hydrogen) atoms. The zero-order chi connectivity index (χ0) is 14.0. The quantitative estimate of drug-likeness (QED) is 0.850. The Morgan fingerprint density at radius 3 is 2.26 bits per heavy atom. The van der Waals surface area contributed by atoms with E-state index in [0.29, 0.717) is 0 Å². The van der Waals surface area contributed by atoms with Crippen molar-refractivity contribution in [3.05, 3.63) is 65.2 Å². The molecule has 100 valence electrons. The average molecular weight is 271 g/mol. The van der Waals surface area contributed by atoms with Gasteiger partial charge >= 0.3 is 6.18 Å². The molecule has 0 fully saturated rings. The van der Waals surface area contributed by atoms with E-state index >= 15 is 0 Å². The third-order valence-corrected chi connectivity index (χ3v) is 2.64. The van der Waals surface area contributed by atoms with Gasteiger partial charge in [-0.1, -0.05) is 12.1 Å². The van der Waals surface area contributed by atoms with E-state index in [0.717, 1.165) is 30.6 Å². The molecule has 1 aromatic carbocycles. The van der Waals surface area contributed by atoms with E-state index < -0.39 is 23.7 Å². The van der Waals surface area contributed by atoms with Gasteiger partial charge in [-0.2, -0.15) is 13.2 Å². The van der Waals surface area contributed by atoms with Crippen LogP contribution < -0.4 is 0 Å². The van der Waals surface area contributed by atoms with Crippen LogP contribution in [-0.2, 0) is 6.18 Å². The van der Waals surface area contributed by atoms with Crippen LogP contribution in [0.1, 0.15) is 22.8 Å². The van der Waals surface area contributed by atoms with Gasteiger partial charge in [0.25, 0.3) is 0 Å². The third-order valence-electron chi connectivity index (χ3n) is 2.64. The van der Waals surface area contributed by atoms with Crippen molar-refractivity contribution in [2.45, 2.75) is 12.3 Å². The minimum atomic E-state index is -4.58. The molecule has 6 heteroatoms. The Bertz CT molecular complexity index is 566. The molecule has 0 amide bonds. The Balaban J connectivity index is 2.44. The Kier molecular flexibility index (Phi) is 3.53. The van der Waals surface area contributed by atoms with E-state index in [-0.39, 0.29) is 11.1 Å². The van der Waals surface area contributed by atoms with E-state index in [9.17, 15) is 22.7 Å². The predicted octanol–water partition coefficient (Wildman–Crippen LogP) is 3.32. The molecule has 1 atom stereocenters. The van der Waals surface area contributed by atoms with E-state index in [2.05, 4.69) is 4.98 Å². The Labute approximate surface area is 106 Å². The predicted molar refractivity (Wildman–Crippen MR) is 59.7 cm³/mol. The van der Waals surface area contributed by atoms with Crippen molar-refractivity contribution in [1.82, 2.24) is 4.98 Å². The number of alkyl halides is 3. The van der Waals surface area contributed by atoms with Crippen molar-refractivity contribution < 1.29 is 22.7 Å². The van der Waals surface area contributed by atoms with Gasteiger partial charge in [0.1, 0.15) is 11.9 Å². The molecule has 0 bridgehead atoms. The van der Waals surface area contributed by atoms with E-state index in [1.807, 2.05) is 0 Å². The van der Waals surface area contributed by atoms with Gasteiger partial charge in [-0.3, -0.25) is 4.98 Å². The molecule has 0 aliphatic heterocycles. The summed E-state index contributed by atoms with van der Waals surface area (Å²) >= 11 is 0. The van der Waals surface area contributed by atoms with E-state index in [1.54, 1.807) is 0 Å². The molecular formula is C13H9F4NO. The van der Waals surface area contributed by atoms with Gasteiger partial charge in [0.05, 0.1) is 5.56 Å². The maximum absolute atomic E-state index is 12.8.